The third kappa shape index (κ3) is 2.93. The molecule has 24 heavy (non-hydrogen) atoms. The number of hydrogen-bond acceptors (Lipinski definition) is 4. The summed E-state index contributed by atoms with van der Waals surface area (Å²) in [5.41, 5.74) is -0.106. The highest BCUT2D eigenvalue weighted by Gasteiger charge is 2.48. The first-order valence-electron chi connectivity index (χ1n) is 8.29. The molecular formula is C17H24FNO4S. The zero-order valence-electron chi connectivity index (χ0n) is 14.1. The van der Waals surface area contributed by atoms with Gasteiger partial charge < -0.3 is 9.47 Å². The molecule has 1 aliphatic carbocycles. The molecule has 0 amide bonds. The SMILES string of the molecule is COc1ccc(S(=O)(=O)N2CCC[C@]3(CCC[C@H]3OC)C2)cc1F. The van der Waals surface area contributed by atoms with Crippen LogP contribution in [0, 0.1) is 11.2 Å². The number of ether oxygens (including phenoxy) is 2. The first-order chi connectivity index (χ1) is 11.4. The van der Waals surface area contributed by atoms with E-state index in [0.717, 1.165) is 38.2 Å². The fourth-order valence-electron chi connectivity index (χ4n) is 4.22. The molecule has 1 saturated heterocycles. The van der Waals surface area contributed by atoms with Crippen LogP contribution in [0.3, 0.4) is 0 Å². The smallest absolute Gasteiger partial charge is 0.243 e. The predicted octanol–water partition coefficient (Wildman–Crippen LogP) is 2.80. The largest absolute Gasteiger partial charge is 0.494 e. The predicted molar refractivity (Wildman–Crippen MR) is 88.0 cm³/mol. The number of benzene rings is 1. The minimum atomic E-state index is -3.72. The monoisotopic (exact) mass is 357 g/mol. The molecule has 0 radical (unpaired) electrons. The Morgan fingerprint density at radius 1 is 1.25 bits per heavy atom. The fraction of sp³-hybridized carbons (Fsp3) is 0.647. The van der Waals surface area contributed by atoms with Crippen LogP contribution in [0.15, 0.2) is 23.1 Å². The lowest BCUT2D eigenvalue weighted by Crippen LogP contribution is -2.49. The van der Waals surface area contributed by atoms with E-state index < -0.39 is 15.8 Å². The van der Waals surface area contributed by atoms with Crippen molar-refractivity contribution in [3.8, 4) is 5.75 Å². The van der Waals surface area contributed by atoms with Crippen LogP contribution in [0.4, 0.5) is 4.39 Å². The van der Waals surface area contributed by atoms with Gasteiger partial charge in [-0.3, -0.25) is 0 Å². The normalized spacial score (nSPS) is 28.4. The summed E-state index contributed by atoms with van der Waals surface area (Å²) >= 11 is 0. The molecule has 0 aromatic heterocycles. The Balaban J connectivity index is 1.88. The van der Waals surface area contributed by atoms with Crippen LogP contribution in [0.25, 0.3) is 0 Å². The molecule has 1 aliphatic heterocycles. The minimum absolute atomic E-state index is 0.0233. The van der Waals surface area contributed by atoms with E-state index in [2.05, 4.69) is 0 Å². The number of rotatable bonds is 4. The zero-order valence-corrected chi connectivity index (χ0v) is 14.9. The summed E-state index contributed by atoms with van der Waals surface area (Å²) in [5.74, 6) is -0.625. The molecule has 2 atom stereocenters. The van der Waals surface area contributed by atoms with E-state index in [0.29, 0.717) is 13.1 Å². The third-order valence-electron chi connectivity index (χ3n) is 5.44. The summed E-state index contributed by atoms with van der Waals surface area (Å²) in [4.78, 5) is -0.0233. The molecule has 0 N–H and O–H groups in total. The van der Waals surface area contributed by atoms with Gasteiger partial charge in [-0.1, -0.05) is 6.42 Å². The maximum Gasteiger partial charge on any atom is 0.243 e. The lowest BCUT2D eigenvalue weighted by molar-refractivity contribution is -0.0184. The number of sulfonamides is 1. The number of nitrogens with zero attached hydrogens (tertiary/aromatic N) is 1. The highest BCUT2D eigenvalue weighted by molar-refractivity contribution is 7.89. The Morgan fingerprint density at radius 2 is 2.00 bits per heavy atom. The molecule has 1 spiro atoms. The molecule has 7 heteroatoms. The van der Waals surface area contributed by atoms with Gasteiger partial charge in [0.2, 0.25) is 10.0 Å². The molecule has 2 aliphatic rings. The van der Waals surface area contributed by atoms with E-state index in [1.807, 2.05) is 0 Å². The van der Waals surface area contributed by atoms with E-state index in [1.165, 1.54) is 23.5 Å². The molecule has 3 rings (SSSR count). The zero-order chi connectivity index (χ0) is 17.4. The van der Waals surface area contributed by atoms with E-state index in [-0.39, 0.29) is 22.2 Å². The Morgan fingerprint density at radius 3 is 2.67 bits per heavy atom. The third-order valence-corrected chi connectivity index (χ3v) is 7.28. The minimum Gasteiger partial charge on any atom is -0.494 e. The van der Waals surface area contributed by atoms with Crippen LogP contribution >= 0.6 is 0 Å². The van der Waals surface area contributed by atoms with Crippen LogP contribution in [-0.2, 0) is 14.8 Å². The van der Waals surface area contributed by atoms with Gasteiger partial charge in [-0.15, -0.1) is 0 Å². The summed E-state index contributed by atoms with van der Waals surface area (Å²) in [7, 11) is -0.671. The van der Waals surface area contributed by atoms with Crippen molar-refractivity contribution in [3.05, 3.63) is 24.0 Å². The summed E-state index contributed by atoms with van der Waals surface area (Å²) in [6.07, 6.45) is 4.90. The van der Waals surface area contributed by atoms with E-state index in [4.69, 9.17) is 9.47 Å². The molecule has 0 unspecified atom stereocenters. The average molecular weight is 357 g/mol. The molecule has 2 fully saturated rings. The standard InChI is InChI=1S/C17H24FNO4S/c1-22-15-7-6-13(11-14(15)18)24(20,21)19-10-4-9-17(12-19)8-3-5-16(17)23-2/h6-7,11,16H,3-5,8-10,12H2,1-2H3/t16-,17-/m1/s1. The summed E-state index contributed by atoms with van der Waals surface area (Å²) in [6.45, 7) is 0.912. The lowest BCUT2D eigenvalue weighted by atomic mass is 9.77. The maximum absolute atomic E-state index is 13.9. The summed E-state index contributed by atoms with van der Waals surface area (Å²) in [6, 6.07) is 3.80. The van der Waals surface area contributed by atoms with E-state index in [9.17, 15) is 12.8 Å². The number of piperidine rings is 1. The van der Waals surface area contributed by atoms with Gasteiger partial charge in [0.15, 0.2) is 11.6 Å². The topological polar surface area (TPSA) is 55.8 Å². The van der Waals surface area contributed by atoms with Gasteiger partial charge in [0.25, 0.3) is 0 Å². The van der Waals surface area contributed by atoms with Crippen molar-refractivity contribution in [3.63, 3.8) is 0 Å². The van der Waals surface area contributed by atoms with Crippen LogP contribution in [0.2, 0.25) is 0 Å². The van der Waals surface area contributed by atoms with Crippen LogP contribution in [-0.4, -0.2) is 46.1 Å². The van der Waals surface area contributed by atoms with Gasteiger partial charge in [0.05, 0.1) is 18.1 Å². The van der Waals surface area contributed by atoms with Crippen LogP contribution < -0.4 is 4.74 Å². The molecule has 134 valence electrons. The van der Waals surface area contributed by atoms with Gasteiger partial charge in [-0.05, 0) is 43.9 Å². The highest BCUT2D eigenvalue weighted by Crippen LogP contribution is 2.47. The van der Waals surface area contributed by atoms with Crippen molar-refractivity contribution >= 4 is 10.0 Å². The number of methoxy groups -OCH3 is 2. The second-order valence-electron chi connectivity index (χ2n) is 6.72. The molecule has 5 nitrogen and oxygen atoms in total. The average Bonchev–Trinajstić information content (AvgIpc) is 2.96. The molecular weight excluding hydrogens is 333 g/mol. The van der Waals surface area contributed by atoms with Crippen molar-refractivity contribution in [2.24, 2.45) is 5.41 Å². The maximum atomic E-state index is 13.9. The van der Waals surface area contributed by atoms with Crippen LogP contribution in [0.5, 0.6) is 5.75 Å². The molecule has 1 aromatic carbocycles. The van der Waals surface area contributed by atoms with Gasteiger partial charge in [0.1, 0.15) is 0 Å². The van der Waals surface area contributed by atoms with Crippen molar-refractivity contribution < 1.29 is 22.3 Å². The first kappa shape index (κ1) is 17.6. The van der Waals surface area contributed by atoms with Gasteiger partial charge in [-0.2, -0.15) is 4.31 Å². The molecule has 1 aromatic rings. The van der Waals surface area contributed by atoms with Crippen molar-refractivity contribution in [1.29, 1.82) is 0 Å². The van der Waals surface area contributed by atoms with E-state index in [1.54, 1.807) is 7.11 Å². The quantitative estimate of drug-likeness (QED) is 0.831. The van der Waals surface area contributed by atoms with Gasteiger partial charge in [-0.25, -0.2) is 12.8 Å². The number of halogens is 1. The fourth-order valence-corrected chi connectivity index (χ4v) is 5.81. The lowest BCUT2D eigenvalue weighted by Gasteiger charge is -2.43. The second kappa shape index (κ2) is 6.61. The van der Waals surface area contributed by atoms with Crippen molar-refractivity contribution in [2.45, 2.75) is 43.1 Å². The first-order valence-corrected chi connectivity index (χ1v) is 9.73. The Bertz CT molecular complexity index is 709. The second-order valence-corrected chi connectivity index (χ2v) is 8.66. The van der Waals surface area contributed by atoms with Crippen molar-refractivity contribution in [2.75, 3.05) is 27.3 Å². The van der Waals surface area contributed by atoms with Crippen molar-refractivity contribution in [1.82, 2.24) is 4.31 Å². The molecule has 0 bridgehead atoms. The Hall–Kier alpha value is -1.18. The highest BCUT2D eigenvalue weighted by atomic mass is 32.2. The molecule has 1 saturated carbocycles. The Kier molecular flexibility index (Phi) is 4.86. The van der Waals surface area contributed by atoms with Crippen LogP contribution in [0.1, 0.15) is 32.1 Å². The van der Waals surface area contributed by atoms with Gasteiger partial charge >= 0.3 is 0 Å². The molecule has 1 heterocycles. The summed E-state index contributed by atoms with van der Waals surface area (Å²) in [5, 5.41) is 0. The Labute approximate surface area is 142 Å². The van der Waals surface area contributed by atoms with E-state index >= 15 is 0 Å². The number of hydrogen-bond donors (Lipinski definition) is 0. The summed E-state index contributed by atoms with van der Waals surface area (Å²) < 4.78 is 51.8. The van der Waals surface area contributed by atoms with Gasteiger partial charge in [0, 0.05) is 25.6 Å².